The van der Waals surface area contributed by atoms with Crippen molar-refractivity contribution < 1.29 is 19.0 Å². The number of nitrogens with zero attached hydrogens (tertiary/aromatic N) is 2. The molecule has 0 fully saturated rings. The van der Waals surface area contributed by atoms with Crippen LogP contribution in [0.4, 0.5) is 0 Å². The van der Waals surface area contributed by atoms with Crippen LogP contribution in [-0.2, 0) is 16.1 Å². The molecule has 234 valence electrons. The van der Waals surface area contributed by atoms with Crippen LogP contribution in [-0.4, -0.2) is 24.3 Å². The van der Waals surface area contributed by atoms with Gasteiger partial charge in [-0.05, 0) is 83.4 Å². The van der Waals surface area contributed by atoms with E-state index in [2.05, 4.69) is 15.9 Å². The molecule has 0 unspecified atom stereocenters. The highest BCUT2D eigenvalue weighted by Gasteiger charge is 2.36. The second-order valence-electron chi connectivity index (χ2n) is 10.0. The smallest absolute Gasteiger partial charge is 0.338 e. The molecule has 0 saturated heterocycles. The molecular formula is C33H28BrCl3N2O5S. The summed E-state index contributed by atoms with van der Waals surface area (Å²) in [5.41, 5.74) is 2.68. The van der Waals surface area contributed by atoms with Gasteiger partial charge in [0.1, 0.15) is 24.1 Å². The third kappa shape index (κ3) is 7.18. The summed E-state index contributed by atoms with van der Waals surface area (Å²) in [7, 11) is 1.53. The highest BCUT2D eigenvalue weighted by Crippen LogP contribution is 2.38. The van der Waals surface area contributed by atoms with Crippen molar-refractivity contribution in [3.63, 3.8) is 0 Å². The standard InChI is InChI=1S/C33H28BrCl3N2O5S/c1-4-6-25-29(32(41)43-5-2)30(22-15-20(35)10-12-26(22)42-3)39-31(40)28(45-33(39)38-25)14-18-7-11-27(23(34)13-18)44-17-19-8-9-21(36)16-24(19)37/h7-16,30H,4-6,17H2,1-3H3/b28-14+/t30-/m1/s1. The Bertz CT molecular complexity index is 1990. The average molecular weight is 751 g/mol. The van der Waals surface area contributed by atoms with E-state index < -0.39 is 12.0 Å². The summed E-state index contributed by atoms with van der Waals surface area (Å²) in [6.07, 6.45) is 3.05. The number of carbonyl (C=O) groups excluding carboxylic acids is 1. The van der Waals surface area contributed by atoms with E-state index >= 15 is 0 Å². The largest absolute Gasteiger partial charge is 0.496 e. The van der Waals surface area contributed by atoms with Crippen molar-refractivity contribution in [2.45, 2.75) is 39.3 Å². The molecule has 1 aliphatic heterocycles. The first-order valence-electron chi connectivity index (χ1n) is 14.1. The Morgan fingerprint density at radius 3 is 2.47 bits per heavy atom. The number of carbonyl (C=O) groups is 1. The maximum atomic E-state index is 14.1. The molecule has 12 heteroatoms. The Morgan fingerprint density at radius 2 is 1.78 bits per heavy atom. The number of hydrogen-bond acceptors (Lipinski definition) is 7. The van der Waals surface area contributed by atoms with Crippen LogP contribution in [0.15, 0.2) is 80.1 Å². The van der Waals surface area contributed by atoms with Crippen LogP contribution >= 0.6 is 62.1 Å². The van der Waals surface area contributed by atoms with Gasteiger partial charge < -0.3 is 14.2 Å². The minimum Gasteiger partial charge on any atom is -0.496 e. The highest BCUT2D eigenvalue weighted by atomic mass is 79.9. The highest BCUT2D eigenvalue weighted by molar-refractivity contribution is 9.10. The van der Waals surface area contributed by atoms with E-state index in [9.17, 15) is 9.59 Å². The minimum absolute atomic E-state index is 0.173. The number of methoxy groups -OCH3 is 1. The zero-order valence-electron chi connectivity index (χ0n) is 24.5. The van der Waals surface area contributed by atoms with Crippen LogP contribution in [0.1, 0.15) is 49.4 Å². The van der Waals surface area contributed by atoms with E-state index in [1.807, 2.05) is 31.2 Å². The van der Waals surface area contributed by atoms with Gasteiger partial charge in [-0.1, -0.05) is 71.6 Å². The van der Waals surface area contributed by atoms with E-state index in [-0.39, 0.29) is 18.8 Å². The van der Waals surface area contributed by atoms with Crippen LogP contribution in [0.3, 0.4) is 0 Å². The van der Waals surface area contributed by atoms with Crippen molar-refractivity contribution in [2.24, 2.45) is 4.99 Å². The molecule has 1 aliphatic rings. The molecule has 45 heavy (non-hydrogen) atoms. The van der Waals surface area contributed by atoms with Crippen LogP contribution in [0.25, 0.3) is 6.08 Å². The number of allylic oxidation sites excluding steroid dienone is 1. The Hall–Kier alpha value is -3.08. The van der Waals surface area contributed by atoms with Crippen molar-refractivity contribution in [1.82, 2.24) is 4.57 Å². The van der Waals surface area contributed by atoms with Crippen LogP contribution in [0, 0.1) is 0 Å². The predicted octanol–water partition coefficient (Wildman–Crippen LogP) is 7.89. The molecule has 0 spiro atoms. The van der Waals surface area contributed by atoms with Crippen LogP contribution in [0.2, 0.25) is 15.1 Å². The molecule has 0 radical (unpaired) electrons. The van der Waals surface area contributed by atoms with Gasteiger partial charge >= 0.3 is 5.97 Å². The second-order valence-corrected chi connectivity index (χ2v) is 13.2. The van der Waals surface area contributed by atoms with E-state index in [0.29, 0.717) is 63.6 Å². The first-order valence-corrected chi connectivity index (χ1v) is 16.8. The monoisotopic (exact) mass is 748 g/mol. The summed E-state index contributed by atoms with van der Waals surface area (Å²) in [5.74, 6) is 0.555. The first-order chi connectivity index (χ1) is 21.6. The average Bonchev–Trinajstić information content (AvgIpc) is 3.31. The fourth-order valence-corrected chi connectivity index (χ4v) is 7.18. The number of hydrogen-bond donors (Lipinski definition) is 0. The van der Waals surface area contributed by atoms with Gasteiger partial charge in [0.05, 0.1) is 34.0 Å². The van der Waals surface area contributed by atoms with E-state index in [0.717, 1.165) is 17.5 Å². The molecule has 1 aromatic heterocycles. The number of ether oxygens (including phenoxy) is 3. The van der Waals surface area contributed by atoms with Crippen molar-refractivity contribution >= 4 is 74.1 Å². The quantitative estimate of drug-likeness (QED) is 0.154. The summed E-state index contributed by atoms with van der Waals surface area (Å²) in [5, 5.41) is 1.51. The molecule has 5 rings (SSSR count). The fraction of sp³-hybridized carbons (Fsp3) is 0.242. The number of esters is 1. The van der Waals surface area contributed by atoms with Gasteiger partial charge in [-0.2, -0.15) is 0 Å². The number of thiazole rings is 1. The lowest BCUT2D eigenvalue weighted by Gasteiger charge is -2.27. The number of fused-ring (bicyclic) bond motifs is 1. The topological polar surface area (TPSA) is 79.1 Å². The molecule has 0 N–H and O–H groups in total. The van der Waals surface area contributed by atoms with Gasteiger partial charge in [0.25, 0.3) is 5.56 Å². The maximum Gasteiger partial charge on any atom is 0.338 e. The lowest BCUT2D eigenvalue weighted by molar-refractivity contribution is -0.139. The molecule has 0 saturated carbocycles. The number of halogens is 4. The number of rotatable bonds is 10. The van der Waals surface area contributed by atoms with Gasteiger partial charge in [-0.25, -0.2) is 9.79 Å². The molecule has 0 amide bonds. The molecule has 0 bridgehead atoms. The zero-order chi connectivity index (χ0) is 32.2. The molecule has 7 nitrogen and oxygen atoms in total. The summed E-state index contributed by atoms with van der Waals surface area (Å²) in [4.78, 5) is 32.9. The third-order valence-electron chi connectivity index (χ3n) is 7.03. The van der Waals surface area contributed by atoms with Crippen molar-refractivity contribution in [3.05, 3.63) is 122 Å². The van der Waals surface area contributed by atoms with Crippen molar-refractivity contribution in [3.8, 4) is 11.5 Å². The summed E-state index contributed by atoms with van der Waals surface area (Å²) >= 11 is 23.6. The molecule has 2 heterocycles. The summed E-state index contributed by atoms with van der Waals surface area (Å²) in [6, 6.07) is 15.1. The normalized spacial score (nSPS) is 14.6. The SMILES string of the molecule is CCCC1=C(C(=O)OCC)[C@@H](c2cc(Cl)ccc2OC)n2c(s/c(=C/c3ccc(OCc4ccc(Cl)cc4Cl)c(Br)c3)c2=O)=N1. The number of benzene rings is 3. The van der Waals surface area contributed by atoms with Gasteiger partial charge in [-0.15, -0.1) is 0 Å². The van der Waals surface area contributed by atoms with Crippen LogP contribution < -0.4 is 24.4 Å². The summed E-state index contributed by atoms with van der Waals surface area (Å²) in [6.45, 7) is 4.17. The van der Waals surface area contributed by atoms with E-state index in [4.69, 9.17) is 54.0 Å². The Labute approximate surface area is 287 Å². The fourth-order valence-electron chi connectivity index (χ4n) is 5.00. The Kier molecular flexibility index (Phi) is 10.8. The number of aromatic nitrogens is 1. The minimum atomic E-state index is -0.847. The van der Waals surface area contributed by atoms with Gasteiger partial charge in [0.2, 0.25) is 0 Å². The van der Waals surface area contributed by atoms with Crippen molar-refractivity contribution in [2.75, 3.05) is 13.7 Å². The lowest BCUT2D eigenvalue weighted by Crippen LogP contribution is -2.40. The van der Waals surface area contributed by atoms with Gasteiger partial charge in [0, 0.05) is 26.2 Å². The predicted molar refractivity (Wildman–Crippen MR) is 183 cm³/mol. The second kappa shape index (κ2) is 14.6. The first kappa shape index (κ1) is 33.3. The van der Waals surface area contributed by atoms with Crippen molar-refractivity contribution in [1.29, 1.82) is 0 Å². The maximum absolute atomic E-state index is 14.1. The Balaban J connectivity index is 1.59. The Morgan fingerprint density at radius 1 is 1.04 bits per heavy atom. The molecular weight excluding hydrogens is 723 g/mol. The lowest BCUT2D eigenvalue weighted by atomic mass is 9.93. The van der Waals surface area contributed by atoms with Crippen LogP contribution in [0.5, 0.6) is 11.5 Å². The molecule has 1 atom stereocenters. The van der Waals surface area contributed by atoms with Gasteiger partial charge in [-0.3, -0.25) is 9.36 Å². The molecule has 4 aromatic rings. The molecule has 3 aromatic carbocycles. The van der Waals surface area contributed by atoms with E-state index in [1.165, 1.54) is 23.0 Å². The third-order valence-corrected chi connectivity index (χ3v) is 9.46. The van der Waals surface area contributed by atoms with E-state index in [1.54, 1.807) is 43.3 Å². The van der Waals surface area contributed by atoms with Gasteiger partial charge in [0.15, 0.2) is 4.80 Å². The summed E-state index contributed by atoms with van der Waals surface area (Å²) < 4.78 is 19.8. The zero-order valence-corrected chi connectivity index (χ0v) is 29.2. The molecule has 0 aliphatic carbocycles.